The molecule has 2 aromatic rings. The van der Waals surface area contributed by atoms with E-state index in [9.17, 15) is 5.11 Å². The van der Waals surface area contributed by atoms with Crippen molar-refractivity contribution in [3.8, 4) is 5.75 Å². The third kappa shape index (κ3) is 4.66. The molecule has 2 atom stereocenters. The van der Waals surface area contributed by atoms with E-state index in [0.717, 1.165) is 48.6 Å². The zero-order valence-electron chi connectivity index (χ0n) is 16.5. The summed E-state index contributed by atoms with van der Waals surface area (Å²) in [5, 5.41) is 12.4. The Hall–Kier alpha value is -1.55. The van der Waals surface area contributed by atoms with Gasteiger partial charge in [0.25, 0.3) is 0 Å². The van der Waals surface area contributed by atoms with Crippen molar-refractivity contribution in [1.82, 2.24) is 4.90 Å². The van der Waals surface area contributed by atoms with Crippen molar-refractivity contribution >= 4 is 11.6 Å². The van der Waals surface area contributed by atoms with E-state index in [2.05, 4.69) is 37.2 Å². The van der Waals surface area contributed by atoms with Crippen molar-refractivity contribution in [3.63, 3.8) is 0 Å². The summed E-state index contributed by atoms with van der Waals surface area (Å²) in [5.74, 6) is 1.01. The van der Waals surface area contributed by atoms with E-state index in [1.165, 1.54) is 17.5 Å². The summed E-state index contributed by atoms with van der Waals surface area (Å²) >= 11 is 5.98. The SMILES string of the molecule is COc1cc(Cc2ccc(Cl)cc2)ccc1C1(O)CCCCC1CN(C)C. The molecule has 0 saturated heterocycles. The molecule has 27 heavy (non-hydrogen) atoms. The van der Waals surface area contributed by atoms with Gasteiger partial charge in [0.15, 0.2) is 0 Å². The van der Waals surface area contributed by atoms with Gasteiger partial charge >= 0.3 is 0 Å². The van der Waals surface area contributed by atoms with Crippen LogP contribution in [-0.2, 0) is 12.0 Å². The highest BCUT2D eigenvalue weighted by atomic mass is 35.5. The topological polar surface area (TPSA) is 32.7 Å². The second kappa shape index (κ2) is 8.64. The lowest BCUT2D eigenvalue weighted by Gasteiger charge is -2.42. The summed E-state index contributed by atoms with van der Waals surface area (Å²) in [4.78, 5) is 2.17. The highest BCUT2D eigenvalue weighted by Gasteiger charge is 2.42. The van der Waals surface area contributed by atoms with Gasteiger partial charge in [0.2, 0.25) is 0 Å². The van der Waals surface area contributed by atoms with Crippen LogP contribution < -0.4 is 4.74 Å². The van der Waals surface area contributed by atoms with Crippen LogP contribution in [0.3, 0.4) is 0 Å². The first-order chi connectivity index (χ1) is 12.9. The van der Waals surface area contributed by atoms with E-state index in [0.29, 0.717) is 0 Å². The minimum absolute atomic E-state index is 0.220. The number of hydrogen-bond donors (Lipinski definition) is 1. The van der Waals surface area contributed by atoms with Crippen LogP contribution in [0, 0.1) is 5.92 Å². The monoisotopic (exact) mass is 387 g/mol. The van der Waals surface area contributed by atoms with Crippen molar-refractivity contribution in [2.45, 2.75) is 37.7 Å². The van der Waals surface area contributed by atoms with Crippen LogP contribution in [0.2, 0.25) is 5.02 Å². The molecule has 0 bridgehead atoms. The van der Waals surface area contributed by atoms with E-state index in [1.54, 1.807) is 7.11 Å². The van der Waals surface area contributed by atoms with Crippen molar-refractivity contribution in [2.75, 3.05) is 27.7 Å². The van der Waals surface area contributed by atoms with Gasteiger partial charge in [0, 0.05) is 23.0 Å². The third-order valence-corrected chi connectivity index (χ3v) is 5.93. The third-order valence-electron chi connectivity index (χ3n) is 5.68. The first kappa shape index (κ1) is 20.2. The first-order valence-corrected chi connectivity index (χ1v) is 10.1. The van der Waals surface area contributed by atoms with Crippen LogP contribution >= 0.6 is 11.6 Å². The Labute approximate surface area is 167 Å². The van der Waals surface area contributed by atoms with Crippen molar-refractivity contribution in [2.24, 2.45) is 5.92 Å². The summed E-state index contributed by atoms with van der Waals surface area (Å²) in [7, 11) is 5.83. The molecule has 1 N–H and O–H groups in total. The molecule has 2 aromatic carbocycles. The van der Waals surface area contributed by atoms with Crippen molar-refractivity contribution in [1.29, 1.82) is 0 Å². The Balaban J connectivity index is 1.89. The first-order valence-electron chi connectivity index (χ1n) is 9.71. The van der Waals surface area contributed by atoms with Crippen LogP contribution in [0.5, 0.6) is 5.75 Å². The number of halogens is 1. The van der Waals surface area contributed by atoms with Crippen LogP contribution in [0.15, 0.2) is 42.5 Å². The summed E-state index contributed by atoms with van der Waals surface area (Å²) in [6.45, 7) is 0.881. The standard InChI is InChI=1S/C23H30ClNO2/c1-25(2)16-19-6-4-5-13-23(19,26)21-12-9-18(15-22(21)27-3)14-17-7-10-20(24)11-8-17/h7-12,15,19,26H,4-6,13-14,16H2,1-3H3. The molecule has 146 valence electrons. The summed E-state index contributed by atoms with van der Waals surface area (Å²) in [6.07, 6.45) is 4.88. The minimum atomic E-state index is -0.827. The molecular formula is C23H30ClNO2. The molecular weight excluding hydrogens is 358 g/mol. The average Bonchev–Trinajstić information content (AvgIpc) is 2.65. The number of methoxy groups -OCH3 is 1. The van der Waals surface area contributed by atoms with Crippen molar-refractivity contribution < 1.29 is 9.84 Å². The molecule has 1 aliphatic rings. The van der Waals surface area contributed by atoms with Crippen LogP contribution in [0.1, 0.15) is 42.4 Å². The summed E-state index contributed by atoms with van der Waals surface area (Å²) in [6, 6.07) is 14.2. The Kier molecular flexibility index (Phi) is 6.46. The summed E-state index contributed by atoms with van der Waals surface area (Å²) < 4.78 is 5.72. The number of ether oxygens (including phenoxy) is 1. The highest BCUT2D eigenvalue weighted by molar-refractivity contribution is 6.30. The number of rotatable bonds is 6. The maximum Gasteiger partial charge on any atom is 0.125 e. The van der Waals surface area contributed by atoms with Crippen molar-refractivity contribution in [3.05, 3.63) is 64.2 Å². The van der Waals surface area contributed by atoms with Gasteiger partial charge in [-0.3, -0.25) is 0 Å². The van der Waals surface area contributed by atoms with E-state index >= 15 is 0 Å². The van der Waals surface area contributed by atoms with Gasteiger partial charge in [-0.15, -0.1) is 0 Å². The lowest BCUT2D eigenvalue weighted by Crippen LogP contribution is -2.43. The molecule has 3 nitrogen and oxygen atoms in total. The van der Waals surface area contributed by atoms with E-state index < -0.39 is 5.60 Å². The molecule has 0 aromatic heterocycles. The lowest BCUT2D eigenvalue weighted by atomic mass is 9.71. The molecule has 0 heterocycles. The van der Waals surface area contributed by atoms with Gasteiger partial charge in [-0.25, -0.2) is 0 Å². The van der Waals surface area contributed by atoms with Crippen LogP contribution in [0.4, 0.5) is 0 Å². The van der Waals surface area contributed by atoms with Gasteiger partial charge in [-0.1, -0.05) is 48.7 Å². The largest absolute Gasteiger partial charge is 0.496 e. The lowest BCUT2D eigenvalue weighted by molar-refractivity contribution is -0.0632. The Morgan fingerprint density at radius 2 is 1.81 bits per heavy atom. The predicted molar refractivity (Wildman–Crippen MR) is 112 cm³/mol. The quantitative estimate of drug-likeness (QED) is 0.766. The fraction of sp³-hybridized carbons (Fsp3) is 0.478. The smallest absolute Gasteiger partial charge is 0.125 e. The van der Waals surface area contributed by atoms with Crippen LogP contribution in [0.25, 0.3) is 0 Å². The molecule has 1 aliphatic carbocycles. The predicted octanol–water partition coefficient (Wildman–Crippen LogP) is 4.88. The zero-order valence-corrected chi connectivity index (χ0v) is 17.3. The van der Waals surface area contributed by atoms with E-state index in [-0.39, 0.29) is 5.92 Å². The van der Waals surface area contributed by atoms with E-state index in [1.807, 2.05) is 24.3 Å². The molecule has 2 unspecified atom stereocenters. The number of aliphatic hydroxyl groups is 1. The fourth-order valence-electron chi connectivity index (χ4n) is 4.31. The minimum Gasteiger partial charge on any atom is -0.496 e. The van der Waals surface area contributed by atoms with Gasteiger partial charge in [-0.2, -0.15) is 0 Å². The Bertz CT molecular complexity index is 759. The van der Waals surface area contributed by atoms with Gasteiger partial charge < -0.3 is 14.7 Å². The molecule has 0 amide bonds. The zero-order chi connectivity index (χ0) is 19.4. The molecule has 0 aliphatic heterocycles. The fourth-order valence-corrected chi connectivity index (χ4v) is 4.43. The normalized spacial score (nSPS) is 22.8. The number of hydrogen-bond acceptors (Lipinski definition) is 3. The Morgan fingerprint density at radius 1 is 1.11 bits per heavy atom. The second-order valence-electron chi connectivity index (χ2n) is 7.97. The summed E-state index contributed by atoms with van der Waals surface area (Å²) in [5.41, 5.74) is 2.47. The van der Waals surface area contributed by atoms with Gasteiger partial charge in [0.05, 0.1) is 12.7 Å². The van der Waals surface area contributed by atoms with Crippen LogP contribution in [-0.4, -0.2) is 37.8 Å². The van der Waals surface area contributed by atoms with E-state index in [4.69, 9.17) is 16.3 Å². The molecule has 0 spiro atoms. The molecule has 0 radical (unpaired) electrons. The molecule has 1 fully saturated rings. The maximum absolute atomic E-state index is 11.7. The highest BCUT2D eigenvalue weighted by Crippen LogP contribution is 2.45. The van der Waals surface area contributed by atoms with Gasteiger partial charge in [0.1, 0.15) is 5.75 Å². The number of benzene rings is 2. The van der Waals surface area contributed by atoms with Gasteiger partial charge in [-0.05, 0) is 62.7 Å². The maximum atomic E-state index is 11.7. The molecule has 1 saturated carbocycles. The number of nitrogens with zero attached hydrogens (tertiary/aromatic N) is 1. The second-order valence-corrected chi connectivity index (χ2v) is 8.40. The molecule has 4 heteroatoms. The molecule has 3 rings (SSSR count). The average molecular weight is 388 g/mol. The Morgan fingerprint density at radius 3 is 2.48 bits per heavy atom.